The van der Waals surface area contributed by atoms with Crippen molar-refractivity contribution in [2.24, 2.45) is 7.05 Å². The number of rotatable bonds is 8. The highest BCUT2D eigenvalue weighted by Crippen LogP contribution is 2.21. The van der Waals surface area contributed by atoms with Gasteiger partial charge in [0.2, 0.25) is 15.8 Å². The van der Waals surface area contributed by atoms with Crippen LogP contribution in [-0.2, 0) is 28.4 Å². The van der Waals surface area contributed by atoms with Gasteiger partial charge in [0.25, 0.3) is 5.89 Å². The molecule has 0 aliphatic carbocycles. The summed E-state index contributed by atoms with van der Waals surface area (Å²) in [4.78, 5) is 16.6. The summed E-state index contributed by atoms with van der Waals surface area (Å²) in [6.07, 6.45) is 1.39. The molecule has 0 atom stereocenters. The van der Waals surface area contributed by atoms with Gasteiger partial charge in [0.15, 0.2) is 6.61 Å². The predicted octanol–water partition coefficient (Wildman–Crippen LogP) is 2.52. The molecule has 0 aromatic carbocycles. The molecule has 9 nitrogen and oxygen atoms in total. The molecule has 0 aliphatic rings. The number of carbonyl (C=O) groups excluding carboxylic acids is 1. The zero-order chi connectivity index (χ0) is 20.3. The first-order valence-corrected chi connectivity index (χ1v) is 10.9. The molecule has 3 aromatic heterocycles. The number of sulfonamides is 1. The van der Waals surface area contributed by atoms with Crippen LogP contribution in [0.1, 0.15) is 30.2 Å². The van der Waals surface area contributed by atoms with Gasteiger partial charge in [-0.1, -0.05) is 19.0 Å². The van der Waals surface area contributed by atoms with E-state index in [0.29, 0.717) is 18.9 Å². The van der Waals surface area contributed by atoms with E-state index >= 15 is 0 Å². The zero-order valence-electron chi connectivity index (χ0n) is 15.7. The maximum Gasteiger partial charge on any atom is 0.355 e. The smallest absolute Gasteiger partial charge is 0.355 e. The van der Waals surface area contributed by atoms with Crippen molar-refractivity contribution in [3.8, 4) is 11.4 Å². The van der Waals surface area contributed by atoms with E-state index < -0.39 is 16.0 Å². The number of hydrogen-bond acceptors (Lipinski definition) is 8. The molecule has 28 heavy (non-hydrogen) atoms. The van der Waals surface area contributed by atoms with Crippen molar-refractivity contribution >= 4 is 27.3 Å². The van der Waals surface area contributed by atoms with Crippen molar-refractivity contribution in [3.05, 3.63) is 40.7 Å². The van der Waals surface area contributed by atoms with Gasteiger partial charge in [-0.15, -0.1) is 0 Å². The lowest BCUT2D eigenvalue weighted by Gasteiger charge is -2.17. The van der Waals surface area contributed by atoms with Crippen LogP contribution in [0.25, 0.3) is 11.4 Å². The van der Waals surface area contributed by atoms with Gasteiger partial charge in [-0.2, -0.15) is 20.6 Å². The summed E-state index contributed by atoms with van der Waals surface area (Å²) in [6.45, 7) is 4.00. The standard InChI is InChI=1S/C17H20N4O5S2/c1-4-21(5-2)28(23,24)13-8-14(20(3)9-13)17(22)25-10-15-18-16(19-26-15)12-6-7-27-11-12/h6-9,11H,4-5,10H2,1-3H3. The number of esters is 1. The van der Waals surface area contributed by atoms with Gasteiger partial charge in [-0.25, -0.2) is 13.2 Å². The fourth-order valence-corrected chi connectivity index (χ4v) is 4.78. The van der Waals surface area contributed by atoms with Gasteiger partial charge in [0.05, 0.1) is 0 Å². The Morgan fingerprint density at radius 1 is 1.36 bits per heavy atom. The first kappa shape index (κ1) is 20.2. The van der Waals surface area contributed by atoms with E-state index in [2.05, 4.69) is 10.1 Å². The molecule has 0 fully saturated rings. The summed E-state index contributed by atoms with van der Waals surface area (Å²) in [5, 5.41) is 7.61. The predicted molar refractivity (Wildman–Crippen MR) is 102 cm³/mol. The van der Waals surface area contributed by atoms with Crippen LogP contribution in [-0.4, -0.2) is 46.5 Å². The fraction of sp³-hybridized carbons (Fsp3) is 0.353. The Labute approximate surface area is 166 Å². The SMILES string of the molecule is CCN(CC)S(=O)(=O)c1cc(C(=O)OCc2nc(-c3ccsc3)no2)n(C)c1. The van der Waals surface area contributed by atoms with Crippen molar-refractivity contribution in [1.29, 1.82) is 0 Å². The average Bonchev–Trinajstić information content (AvgIpc) is 3.40. The minimum Gasteiger partial charge on any atom is -0.451 e. The van der Waals surface area contributed by atoms with Gasteiger partial charge in [0, 0.05) is 37.3 Å². The maximum atomic E-state index is 12.6. The van der Waals surface area contributed by atoms with E-state index in [0.717, 1.165) is 5.56 Å². The van der Waals surface area contributed by atoms with Crippen LogP contribution in [0.2, 0.25) is 0 Å². The van der Waals surface area contributed by atoms with E-state index in [4.69, 9.17) is 9.26 Å². The van der Waals surface area contributed by atoms with E-state index in [9.17, 15) is 13.2 Å². The molecule has 3 aromatic rings. The Kier molecular flexibility index (Phi) is 5.96. The highest BCUT2D eigenvalue weighted by Gasteiger charge is 2.26. The summed E-state index contributed by atoms with van der Waals surface area (Å²) < 4.78 is 38.2. The normalized spacial score (nSPS) is 11.9. The van der Waals surface area contributed by atoms with Crippen LogP contribution < -0.4 is 0 Å². The summed E-state index contributed by atoms with van der Waals surface area (Å²) in [5.74, 6) is -0.114. The van der Waals surface area contributed by atoms with Crippen LogP contribution >= 0.6 is 11.3 Å². The van der Waals surface area contributed by atoms with Crippen molar-refractivity contribution in [1.82, 2.24) is 19.0 Å². The third kappa shape index (κ3) is 4.01. The molecule has 0 aliphatic heterocycles. The summed E-state index contributed by atoms with van der Waals surface area (Å²) in [7, 11) is -2.08. The topological polar surface area (TPSA) is 108 Å². The van der Waals surface area contributed by atoms with E-state index in [1.807, 2.05) is 16.8 Å². The van der Waals surface area contributed by atoms with Crippen LogP contribution in [0.5, 0.6) is 0 Å². The second-order valence-electron chi connectivity index (χ2n) is 5.86. The molecular weight excluding hydrogens is 404 g/mol. The Morgan fingerprint density at radius 2 is 2.11 bits per heavy atom. The van der Waals surface area contributed by atoms with E-state index in [-0.39, 0.29) is 23.1 Å². The highest BCUT2D eigenvalue weighted by atomic mass is 32.2. The molecule has 0 radical (unpaired) electrons. The second kappa shape index (κ2) is 8.25. The van der Waals surface area contributed by atoms with E-state index in [1.54, 1.807) is 20.9 Å². The summed E-state index contributed by atoms with van der Waals surface area (Å²) in [5.41, 5.74) is 0.934. The third-order valence-electron chi connectivity index (χ3n) is 4.11. The van der Waals surface area contributed by atoms with Crippen molar-refractivity contribution in [2.75, 3.05) is 13.1 Å². The van der Waals surface area contributed by atoms with Crippen molar-refractivity contribution in [3.63, 3.8) is 0 Å². The van der Waals surface area contributed by atoms with Gasteiger partial charge in [-0.05, 0) is 17.5 Å². The van der Waals surface area contributed by atoms with Gasteiger partial charge in [0.1, 0.15) is 10.6 Å². The van der Waals surface area contributed by atoms with Gasteiger partial charge < -0.3 is 13.8 Å². The molecule has 11 heteroatoms. The third-order valence-corrected chi connectivity index (χ3v) is 6.80. The first-order chi connectivity index (χ1) is 13.4. The lowest BCUT2D eigenvalue weighted by atomic mass is 10.3. The van der Waals surface area contributed by atoms with Crippen LogP contribution in [0.4, 0.5) is 0 Å². The zero-order valence-corrected chi connectivity index (χ0v) is 17.3. The Hall–Kier alpha value is -2.50. The molecule has 150 valence electrons. The first-order valence-electron chi connectivity index (χ1n) is 8.55. The van der Waals surface area contributed by atoms with Gasteiger partial charge in [-0.3, -0.25) is 0 Å². The Balaban J connectivity index is 1.71. The maximum absolute atomic E-state index is 12.6. The van der Waals surface area contributed by atoms with Crippen LogP contribution in [0, 0.1) is 0 Å². The molecule has 0 unspecified atom stereocenters. The quantitative estimate of drug-likeness (QED) is 0.511. The minimum atomic E-state index is -3.66. The summed E-state index contributed by atoms with van der Waals surface area (Å²) >= 11 is 1.51. The average molecular weight is 425 g/mol. The number of hydrogen-bond donors (Lipinski definition) is 0. The van der Waals surface area contributed by atoms with Crippen LogP contribution in [0.3, 0.4) is 0 Å². The lowest BCUT2D eigenvalue weighted by Crippen LogP contribution is -2.30. The molecule has 0 saturated heterocycles. The monoisotopic (exact) mass is 424 g/mol. The van der Waals surface area contributed by atoms with E-state index in [1.165, 1.54) is 32.5 Å². The van der Waals surface area contributed by atoms with Crippen LogP contribution in [0.15, 0.2) is 38.5 Å². The van der Waals surface area contributed by atoms with Gasteiger partial charge >= 0.3 is 5.97 Å². The second-order valence-corrected chi connectivity index (χ2v) is 8.58. The molecule has 3 rings (SSSR count). The number of carbonyl (C=O) groups is 1. The molecular formula is C17H20N4O5S2. The molecule has 0 amide bonds. The minimum absolute atomic E-state index is 0.0446. The number of nitrogens with zero attached hydrogens (tertiary/aromatic N) is 4. The largest absolute Gasteiger partial charge is 0.451 e. The molecule has 0 bridgehead atoms. The molecule has 0 spiro atoms. The fourth-order valence-electron chi connectivity index (χ4n) is 2.61. The number of ether oxygens (including phenoxy) is 1. The molecule has 0 N–H and O–H groups in total. The number of aryl methyl sites for hydroxylation is 1. The van der Waals surface area contributed by atoms with Crippen molar-refractivity contribution < 1.29 is 22.5 Å². The molecule has 3 heterocycles. The molecule has 0 saturated carbocycles. The Morgan fingerprint density at radius 3 is 2.75 bits per heavy atom. The lowest BCUT2D eigenvalue weighted by molar-refractivity contribution is 0.0418. The Bertz CT molecular complexity index is 1050. The summed E-state index contributed by atoms with van der Waals surface area (Å²) in [6, 6.07) is 3.16. The highest BCUT2D eigenvalue weighted by molar-refractivity contribution is 7.89. The number of aromatic nitrogens is 3. The van der Waals surface area contributed by atoms with Crippen molar-refractivity contribution in [2.45, 2.75) is 25.3 Å². The number of thiophene rings is 1.